The van der Waals surface area contributed by atoms with Gasteiger partial charge in [-0.25, -0.2) is 4.39 Å². The van der Waals surface area contributed by atoms with Gasteiger partial charge in [0.2, 0.25) is 0 Å². The van der Waals surface area contributed by atoms with Crippen molar-refractivity contribution in [2.24, 2.45) is 0 Å². The number of hydrogen-bond donors (Lipinski definition) is 1. The van der Waals surface area contributed by atoms with Gasteiger partial charge in [0, 0.05) is 23.2 Å². The van der Waals surface area contributed by atoms with E-state index < -0.39 is 11.9 Å². The number of rotatable bonds is 1. The molecule has 0 fully saturated rings. The molecule has 0 saturated heterocycles. The average Bonchev–Trinajstić information content (AvgIpc) is 2.88. The van der Waals surface area contributed by atoms with Crippen LogP contribution in [0.25, 0.3) is 11.1 Å². The third-order valence-corrected chi connectivity index (χ3v) is 3.15. The fourth-order valence-corrected chi connectivity index (χ4v) is 2.30. The third kappa shape index (κ3) is 1.59. The number of halogens is 1. The second kappa shape index (κ2) is 3.93. The number of nitrogens with zero attached hydrogens (tertiary/aromatic N) is 3. The summed E-state index contributed by atoms with van der Waals surface area (Å²) in [4.78, 5) is 0. The first-order valence-electron chi connectivity index (χ1n) is 5.62. The molecule has 0 saturated carbocycles. The van der Waals surface area contributed by atoms with Crippen molar-refractivity contribution in [3.05, 3.63) is 41.5 Å². The number of benzene rings is 1. The average molecular weight is 243 g/mol. The maximum absolute atomic E-state index is 13.9. The molecule has 1 aromatic heterocycles. The predicted octanol–water partition coefficient (Wildman–Crippen LogP) is 1.48. The molecule has 90 valence electrons. The standard InChI is InChI=1S/C13H10FN3O/c14-12-3-8(5-15)1-2-10(12)11-6-16-17-7-9(18)4-13(11)17/h1-3,6,9,18H,4,7H2/t9-/m1/s1. The lowest BCUT2D eigenvalue weighted by Gasteiger charge is -2.03. The molecule has 18 heavy (non-hydrogen) atoms. The highest BCUT2D eigenvalue weighted by Gasteiger charge is 2.25. The van der Waals surface area contributed by atoms with E-state index in [0.717, 1.165) is 5.69 Å². The van der Waals surface area contributed by atoms with E-state index in [4.69, 9.17) is 5.26 Å². The third-order valence-electron chi connectivity index (χ3n) is 3.15. The van der Waals surface area contributed by atoms with E-state index in [1.807, 2.05) is 6.07 Å². The van der Waals surface area contributed by atoms with Crippen LogP contribution in [0.4, 0.5) is 4.39 Å². The molecule has 1 atom stereocenters. The van der Waals surface area contributed by atoms with Crippen LogP contribution in [0.15, 0.2) is 24.4 Å². The normalized spacial score (nSPS) is 17.5. The van der Waals surface area contributed by atoms with E-state index in [1.54, 1.807) is 23.0 Å². The van der Waals surface area contributed by atoms with E-state index in [0.29, 0.717) is 29.7 Å². The van der Waals surface area contributed by atoms with Crippen LogP contribution in [0, 0.1) is 17.1 Å². The minimum Gasteiger partial charge on any atom is -0.391 e. The number of fused-ring (bicyclic) bond motifs is 1. The van der Waals surface area contributed by atoms with Crippen molar-refractivity contribution in [2.75, 3.05) is 0 Å². The zero-order chi connectivity index (χ0) is 12.7. The van der Waals surface area contributed by atoms with Gasteiger partial charge in [-0.2, -0.15) is 10.4 Å². The van der Waals surface area contributed by atoms with Gasteiger partial charge in [-0.05, 0) is 18.2 Å². The van der Waals surface area contributed by atoms with Gasteiger partial charge >= 0.3 is 0 Å². The Bertz CT molecular complexity index is 657. The van der Waals surface area contributed by atoms with Crippen LogP contribution in [0.1, 0.15) is 11.3 Å². The van der Waals surface area contributed by atoms with Gasteiger partial charge in [0.25, 0.3) is 0 Å². The SMILES string of the molecule is N#Cc1ccc(-c2cnn3c2C[C@@H](O)C3)c(F)c1. The lowest BCUT2D eigenvalue weighted by molar-refractivity contribution is 0.173. The number of aliphatic hydroxyl groups excluding tert-OH is 1. The van der Waals surface area contributed by atoms with Crippen LogP contribution in [-0.4, -0.2) is 21.0 Å². The van der Waals surface area contributed by atoms with Gasteiger partial charge in [0.05, 0.1) is 30.5 Å². The lowest BCUT2D eigenvalue weighted by atomic mass is 10.0. The second-order valence-corrected chi connectivity index (χ2v) is 4.35. The number of aromatic nitrogens is 2. The van der Waals surface area contributed by atoms with E-state index in [9.17, 15) is 9.50 Å². The first-order chi connectivity index (χ1) is 8.69. The molecule has 0 aliphatic carbocycles. The summed E-state index contributed by atoms with van der Waals surface area (Å²) in [6.45, 7) is 0.452. The molecule has 0 unspecified atom stereocenters. The molecule has 1 aromatic carbocycles. The summed E-state index contributed by atoms with van der Waals surface area (Å²) in [5.74, 6) is -0.439. The highest BCUT2D eigenvalue weighted by atomic mass is 19.1. The Hall–Kier alpha value is -2.19. The Morgan fingerprint density at radius 3 is 3.00 bits per heavy atom. The predicted molar refractivity (Wildman–Crippen MR) is 62.0 cm³/mol. The fourth-order valence-electron chi connectivity index (χ4n) is 2.30. The quantitative estimate of drug-likeness (QED) is 0.825. The maximum Gasteiger partial charge on any atom is 0.132 e. The summed E-state index contributed by atoms with van der Waals surface area (Å²) in [5, 5.41) is 22.4. The molecule has 0 amide bonds. The summed E-state index contributed by atoms with van der Waals surface area (Å²) < 4.78 is 15.6. The Balaban J connectivity index is 2.09. The summed E-state index contributed by atoms with van der Waals surface area (Å²) in [6, 6.07) is 6.27. The topological polar surface area (TPSA) is 61.8 Å². The van der Waals surface area contributed by atoms with E-state index in [2.05, 4.69) is 5.10 Å². The van der Waals surface area contributed by atoms with Gasteiger partial charge in [-0.1, -0.05) is 0 Å². The van der Waals surface area contributed by atoms with E-state index in [1.165, 1.54) is 6.07 Å². The van der Waals surface area contributed by atoms with Crippen molar-refractivity contribution in [2.45, 2.75) is 19.1 Å². The number of nitriles is 1. The zero-order valence-electron chi connectivity index (χ0n) is 9.47. The first kappa shape index (κ1) is 10.9. The van der Waals surface area contributed by atoms with Crippen molar-refractivity contribution in [3.63, 3.8) is 0 Å². The molecule has 1 aliphatic heterocycles. The van der Waals surface area contributed by atoms with Crippen LogP contribution in [0.3, 0.4) is 0 Å². The monoisotopic (exact) mass is 243 g/mol. The largest absolute Gasteiger partial charge is 0.391 e. The minimum absolute atomic E-state index is 0.292. The molecule has 0 radical (unpaired) electrons. The fraction of sp³-hybridized carbons (Fsp3) is 0.231. The van der Waals surface area contributed by atoms with Crippen LogP contribution >= 0.6 is 0 Å². The highest BCUT2D eigenvalue weighted by molar-refractivity contribution is 5.67. The molecule has 4 nitrogen and oxygen atoms in total. The van der Waals surface area contributed by atoms with Gasteiger partial charge in [0.15, 0.2) is 0 Å². The van der Waals surface area contributed by atoms with Gasteiger partial charge in [-0.15, -0.1) is 0 Å². The molecule has 2 aromatic rings. The molecule has 1 N–H and O–H groups in total. The van der Waals surface area contributed by atoms with Gasteiger partial charge in [0.1, 0.15) is 5.82 Å². The highest BCUT2D eigenvalue weighted by Crippen LogP contribution is 2.30. The molecular weight excluding hydrogens is 233 g/mol. The molecule has 1 aliphatic rings. The van der Waals surface area contributed by atoms with E-state index in [-0.39, 0.29) is 0 Å². The maximum atomic E-state index is 13.9. The molecule has 0 spiro atoms. The minimum atomic E-state index is -0.450. The molecule has 5 heteroatoms. The van der Waals surface area contributed by atoms with Crippen LogP contribution < -0.4 is 0 Å². The van der Waals surface area contributed by atoms with Crippen LogP contribution in [0.5, 0.6) is 0 Å². The Morgan fingerprint density at radius 1 is 1.44 bits per heavy atom. The van der Waals surface area contributed by atoms with Gasteiger partial charge in [-0.3, -0.25) is 4.68 Å². The van der Waals surface area contributed by atoms with Gasteiger partial charge < -0.3 is 5.11 Å². The Morgan fingerprint density at radius 2 is 2.28 bits per heavy atom. The second-order valence-electron chi connectivity index (χ2n) is 4.35. The van der Waals surface area contributed by atoms with Crippen molar-refractivity contribution in [1.82, 2.24) is 9.78 Å². The molecule has 2 heterocycles. The van der Waals surface area contributed by atoms with Crippen molar-refractivity contribution in [1.29, 1.82) is 5.26 Å². The summed E-state index contributed by atoms with van der Waals surface area (Å²) in [6.07, 6.45) is 1.63. The summed E-state index contributed by atoms with van der Waals surface area (Å²) in [7, 11) is 0. The molecule has 3 rings (SSSR count). The van der Waals surface area contributed by atoms with Crippen LogP contribution in [-0.2, 0) is 13.0 Å². The smallest absolute Gasteiger partial charge is 0.132 e. The van der Waals surface area contributed by atoms with Crippen molar-refractivity contribution < 1.29 is 9.50 Å². The van der Waals surface area contributed by atoms with Crippen LogP contribution in [0.2, 0.25) is 0 Å². The summed E-state index contributed by atoms with van der Waals surface area (Å²) in [5.41, 5.74) is 2.24. The van der Waals surface area contributed by atoms with E-state index >= 15 is 0 Å². The Labute approximate surface area is 103 Å². The Kier molecular flexibility index (Phi) is 2.39. The number of aliphatic hydroxyl groups is 1. The first-order valence-corrected chi connectivity index (χ1v) is 5.62. The van der Waals surface area contributed by atoms with Crippen molar-refractivity contribution in [3.8, 4) is 17.2 Å². The summed E-state index contributed by atoms with van der Waals surface area (Å²) >= 11 is 0. The van der Waals surface area contributed by atoms with Crippen molar-refractivity contribution >= 4 is 0 Å². The zero-order valence-corrected chi connectivity index (χ0v) is 9.47. The molecule has 0 bridgehead atoms. The number of hydrogen-bond acceptors (Lipinski definition) is 3. The lowest BCUT2D eigenvalue weighted by Crippen LogP contribution is -2.07. The molecular formula is C13H10FN3O.